The third-order valence-electron chi connectivity index (χ3n) is 1.93. The Labute approximate surface area is 71.2 Å². The van der Waals surface area contributed by atoms with Crippen LogP contribution in [0.25, 0.3) is 0 Å². The van der Waals surface area contributed by atoms with Crippen LogP contribution in [0.5, 0.6) is 0 Å². The van der Waals surface area contributed by atoms with Crippen LogP contribution in [0.1, 0.15) is 0 Å². The summed E-state index contributed by atoms with van der Waals surface area (Å²) in [6.07, 6.45) is 12.6. The van der Waals surface area contributed by atoms with E-state index in [4.69, 9.17) is 0 Å². The van der Waals surface area contributed by atoms with Gasteiger partial charge in [0.15, 0.2) is 0 Å². The second-order valence-corrected chi connectivity index (χ2v) is 2.75. The first-order valence-electron chi connectivity index (χ1n) is 3.89. The highest BCUT2D eigenvalue weighted by Crippen LogP contribution is 2.18. The van der Waals surface area contributed by atoms with Crippen molar-refractivity contribution in [1.29, 1.82) is 0 Å². The molecule has 2 heteroatoms. The van der Waals surface area contributed by atoms with Crippen molar-refractivity contribution in [1.82, 2.24) is 4.90 Å². The van der Waals surface area contributed by atoms with Crippen LogP contribution >= 0.6 is 0 Å². The van der Waals surface area contributed by atoms with Gasteiger partial charge in [0.25, 0.3) is 0 Å². The largest absolute Gasteiger partial charge is 0.344 e. The number of hydrogen-bond donors (Lipinski definition) is 0. The van der Waals surface area contributed by atoms with E-state index >= 15 is 0 Å². The van der Waals surface area contributed by atoms with Gasteiger partial charge in [-0.3, -0.25) is 4.79 Å². The first kappa shape index (κ1) is 7.10. The van der Waals surface area contributed by atoms with Gasteiger partial charge in [-0.2, -0.15) is 0 Å². The Hall–Kier alpha value is -1.57. The SMILES string of the molecule is O=CC1=CC2=CC=CCN2C=C1. The van der Waals surface area contributed by atoms with Crippen molar-refractivity contribution in [3.63, 3.8) is 0 Å². The second kappa shape index (κ2) is 2.81. The molecule has 60 valence electrons. The summed E-state index contributed by atoms with van der Waals surface area (Å²) < 4.78 is 0. The molecule has 0 saturated heterocycles. The first-order chi connectivity index (χ1) is 5.90. The summed E-state index contributed by atoms with van der Waals surface area (Å²) in [6.45, 7) is 0.894. The Kier molecular flexibility index (Phi) is 1.67. The standard InChI is InChI=1S/C10H9NO/c12-8-9-4-6-11-5-2-1-3-10(11)7-9/h1-4,6-8H,5H2. The van der Waals surface area contributed by atoms with Gasteiger partial charge in [0, 0.05) is 24.0 Å². The molecule has 0 aromatic heterocycles. The van der Waals surface area contributed by atoms with Gasteiger partial charge in [0.1, 0.15) is 6.29 Å². The molecule has 2 aliphatic rings. The van der Waals surface area contributed by atoms with Gasteiger partial charge in [-0.05, 0) is 18.2 Å². The van der Waals surface area contributed by atoms with Crippen molar-refractivity contribution in [3.8, 4) is 0 Å². The number of aldehydes is 1. The first-order valence-corrected chi connectivity index (χ1v) is 3.89. The van der Waals surface area contributed by atoms with Crippen LogP contribution in [-0.4, -0.2) is 17.7 Å². The van der Waals surface area contributed by atoms with Crippen molar-refractivity contribution in [2.45, 2.75) is 0 Å². The second-order valence-electron chi connectivity index (χ2n) is 2.75. The lowest BCUT2D eigenvalue weighted by atomic mass is 10.1. The predicted molar refractivity (Wildman–Crippen MR) is 47.2 cm³/mol. The van der Waals surface area contributed by atoms with E-state index in [0.717, 1.165) is 24.1 Å². The Morgan fingerprint density at radius 1 is 1.50 bits per heavy atom. The van der Waals surface area contributed by atoms with Crippen molar-refractivity contribution >= 4 is 6.29 Å². The quantitative estimate of drug-likeness (QED) is 0.539. The molecule has 0 amide bonds. The maximum absolute atomic E-state index is 10.5. The lowest BCUT2D eigenvalue weighted by Crippen LogP contribution is -2.20. The molecule has 0 aliphatic carbocycles. The Balaban J connectivity index is 2.34. The lowest BCUT2D eigenvalue weighted by molar-refractivity contribution is -0.104. The van der Waals surface area contributed by atoms with E-state index in [1.54, 1.807) is 0 Å². The predicted octanol–water partition coefficient (Wildman–Crippen LogP) is 1.39. The normalized spacial score (nSPS) is 19.8. The summed E-state index contributed by atoms with van der Waals surface area (Å²) >= 11 is 0. The van der Waals surface area contributed by atoms with Gasteiger partial charge in [0.2, 0.25) is 0 Å². The van der Waals surface area contributed by atoms with Gasteiger partial charge in [0.05, 0.1) is 0 Å². The Morgan fingerprint density at radius 2 is 2.42 bits per heavy atom. The molecule has 0 fully saturated rings. The molecule has 0 unspecified atom stereocenters. The molecule has 0 N–H and O–H groups in total. The molecule has 12 heavy (non-hydrogen) atoms. The fourth-order valence-corrected chi connectivity index (χ4v) is 1.29. The molecular formula is C10H9NO. The number of rotatable bonds is 1. The van der Waals surface area contributed by atoms with E-state index in [2.05, 4.69) is 11.0 Å². The molecule has 2 nitrogen and oxygen atoms in total. The van der Waals surface area contributed by atoms with Gasteiger partial charge in [-0.25, -0.2) is 0 Å². The maximum Gasteiger partial charge on any atom is 0.150 e. The number of hydrogen-bond acceptors (Lipinski definition) is 2. The Morgan fingerprint density at radius 3 is 3.25 bits per heavy atom. The summed E-state index contributed by atoms with van der Waals surface area (Å²) in [4.78, 5) is 12.5. The van der Waals surface area contributed by atoms with Crippen LogP contribution in [0.15, 0.2) is 47.9 Å². The smallest absolute Gasteiger partial charge is 0.150 e. The van der Waals surface area contributed by atoms with Crippen molar-refractivity contribution < 1.29 is 4.79 Å². The van der Waals surface area contributed by atoms with Gasteiger partial charge in [-0.15, -0.1) is 0 Å². The van der Waals surface area contributed by atoms with Gasteiger partial charge in [-0.1, -0.05) is 12.2 Å². The fraction of sp³-hybridized carbons (Fsp3) is 0.100. The fourth-order valence-electron chi connectivity index (χ4n) is 1.29. The van der Waals surface area contributed by atoms with E-state index < -0.39 is 0 Å². The molecule has 0 spiro atoms. The summed E-state index contributed by atoms with van der Waals surface area (Å²) in [5.74, 6) is 0. The van der Waals surface area contributed by atoms with E-state index in [1.165, 1.54) is 0 Å². The molecule has 2 heterocycles. The topological polar surface area (TPSA) is 20.3 Å². The molecule has 0 aromatic carbocycles. The average Bonchev–Trinajstić information content (AvgIpc) is 2.17. The Bertz CT molecular complexity index is 321. The van der Waals surface area contributed by atoms with Crippen molar-refractivity contribution in [3.05, 3.63) is 47.9 Å². The minimum Gasteiger partial charge on any atom is -0.344 e. The number of allylic oxidation sites excluding steroid dienone is 5. The van der Waals surface area contributed by atoms with Crippen molar-refractivity contribution in [2.75, 3.05) is 6.54 Å². The monoisotopic (exact) mass is 159 g/mol. The lowest BCUT2D eigenvalue weighted by Gasteiger charge is -2.25. The minimum absolute atomic E-state index is 0.729. The zero-order valence-corrected chi connectivity index (χ0v) is 6.60. The summed E-state index contributed by atoms with van der Waals surface area (Å²) in [5, 5.41) is 0. The molecule has 0 aromatic rings. The molecule has 0 atom stereocenters. The highest BCUT2D eigenvalue weighted by Gasteiger charge is 2.09. The maximum atomic E-state index is 10.5. The van der Waals surface area contributed by atoms with Crippen LogP contribution in [0.4, 0.5) is 0 Å². The minimum atomic E-state index is 0.729. The summed E-state index contributed by atoms with van der Waals surface area (Å²) in [7, 11) is 0. The summed E-state index contributed by atoms with van der Waals surface area (Å²) in [6, 6.07) is 0. The average molecular weight is 159 g/mol. The zero-order valence-electron chi connectivity index (χ0n) is 6.60. The molecule has 2 aliphatic heterocycles. The highest BCUT2D eigenvalue weighted by atomic mass is 16.1. The van der Waals surface area contributed by atoms with E-state index in [-0.39, 0.29) is 0 Å². The van der Waals surface area contributed by atoms with Crippen LogP contribution in [-0.2, 0) is 4.79 Å². The van der Waals surface area contributed by atoms with E-state index in [1.807, 2.05) is 30.5 Å². The zero-order chi connectivity index (χ0) is 8.39. The number of carbonyl (C=O) groups is 1. The van der Waals surface area contributed by atoms with Crippen LogP contribution in [0.2, 0.25) is 0 Å². The summed E-state index contributed by atoms with van der Waals surface area (Å²) in [5.41, 5.74) is 1.81. The molecule has 0 radical (unpaired) electrons. The third-order valence-corrected chi connectivity index (χ3v) is 1.93. The van der Waals surface area contributed by atoms with Gasteiger partial charge < -0.3 is 4.90 Å². The molecule has 0 saturated carbocycles. The van der Waals surface area contributed by atoms with Gasteiger partial charge >= 0.3 is 0 Å². The molecule has 2 rings (SSSR count). The van der Waals surface area contributed by atoms with Crippen LogP contribution in [0, 0.1) is 0 Å². The van der Waals surface area contributed by atoms with Crippen LogP contribution < -0.4 is 0 Å². The van der Waals surface area contributed by atoms with Crippen LogP contribution in [0.3, 0.4) is 0 Å². The number of nitrogens with zero attached hydrogens (tertiary/aromatic N) is 1. The number of fused-ring (bicyclic) bond motifs is 1. The van der Waals surface area contributed by atoms with E-state index in [9.17, 15) is 4.79 Å². The van der Waals surface area contributed by atoms with Crippen molar-refractivity contribution in [2.24, 2.45) is 0 Å². The number of carbonyl (C=O) groups excluding carboxylic acids is 1. The molecule has 0 bridgehead atoms. The highest BCUT2D eigenvalue weighted by molar-refractivity contribution is 5.79. The molecular weight excluding hydrogens is 150 g/mol. The third kappa shape index (κ3) is 1.11. The van der Waals surface area contributed by atoms with E-state index in [0.29, 0.717) is 0 Å².